The highest BCUT2D eigenvalue weighted by molar-refractivity contribution is 6.28. The number of carboxylic acid groups (broad SMARTS) is 1. The fraction of sp³-hybridized carbons (Fsp3) is 0.500. The van der Waals surface area contributed by atoms with Crippen LogP contribution in [0.1, 0.15) is 31.0 Å². The molecule has 16 heavy (non-hydrogen) atoms. The Balaban J connectivity index is 3.32. The van der Waals surface area contributed by atoms with E-state index in [2.05, 4.69) is 9.97 Å². The zero-order chi connectivity index (χ0) is 12.3. The molecule has 1 aromatic heterocycles. The molecule has 1 N–H and O–H groups in total. The molecule has 0 amide bonds. The van der Waals surface area contributed by atoms with Crippen molar-refractivity contribution in [3.05, 3.63) is 16.5 Å². The van der Waals surface area contributed by atoms with Gasteiger partial charge in [-0.1, -0.05) is 13.8 Å². The molecule has 6 heteroatoms. The van der Waals surface area contributed by atoms with E-state index in [1.807, 2.05) is 13.8 Å². The standard InChI is InChI=1S/C10H13ClN2O3/c1-5(2)8-6(4-7(14)15)9(16-3)13-10(11)12-8/h5H,4H2,1-3H3,(H,14,15). The minimum absolute atomic E-state index is 0.0590. The Kier molecular flexibility index (Phi) is 4.06. The number of ether oxygens (including phenoxy) is 1. The molecule has 0 radical (unpaired) electrons. The molecule has 0 aliphatic carbocycles. The highest BCUT2D eigenvalue weighted by Gasteiger charge is 2.19. The maximum Gasteiger partial charge on any atom is 0.308 e. The van der Waals surface area contributed by atoms with Gasteiger partial charge in [-0.2, -0.15) is 4.98 Å². The van der Waals surface area contributed by atoms with E-state index in [1.165, 1.54) is 7.11 Å². The van der Waals surface area contributed by atoms with Crippen molar-refractivity contribution < 1.29 is 14.6 Å². The molecule has 0 bridgehead atoms. The Morgan fingerprint density at radius 3 is 2.56 bits per heavy atom. The second-order valence-corrected chi connectivity index (χ2v) is 3.93. The Hall–Kier alpha value is -1.36. The number of aliphatic carboxylic acids is 1. The quantitative estimate of drug-likeness (QED) is 0.819. The van der Waals surface area contributed by atoms with Gasteiger partial charge in [0.25, 0.3) is 0 Å². The lowest BCUT2D eigenvalue weighted by molar-refractivity contribution is -0.136. The maximum absolute atomic E-state index is 10.8. The predicted octanol–water partition coefficient (Wildman–Crippen LogP) is 1.89. The molecular formula is C10H13ClN2O3. The number of methoxy groups -OCH3 is 1. The Labute approximate surface area is 98.4 Å². The van der Waals surface area contributed by atoms with Gasteiger partial charge < -0.3 is 9.84 Å². The monoisotopic (exact) mass is 244 g/mol. The zero-order valence-corrected chi connectivity index (χ0v) is 10.1. The molecule has 0 aromatic carbocycles. The van der Waals surface area contributed by atoms with Crippen LogP contribution in [-0.4, -0.2) is 28.2 Å². The van der Waals surface area contributed by atoms with E-state index in [1.54, 1.807) is 0 Å². The van der Waals surface area contributed by atoms with Crippen LogP contribution in [0.3, 0.4) is 0 Å². The number of carbonyl (C=O) groups is 1. The van der Waals surface area contributed by atoms with Crippen molar-refractivity contribution in [2.75, 3.05) is 7.11 Å². The summed E-state index contributed by atoms with van der Waals surface area (Å²) in [5, 5.41) is 8.88. The smallest absolute Gasteiger partial charge is 0.308 e. The van der Waals surface area contributed by atoms with Gasteiger partial charge in [-0.05, 0) is 17.5 Å². The van der Waals surface area contributed by atoms with E-state index in [-0.39, 0.29) is 23.5 Å². The van der Waals surface area contributed by atoms with E-state index < -0.39 is 5.97 Å². The third-order valence-corrected chi connectivity index (χ3v) is 2.21. The topological polar surface area (TPSA) is 72.3 Å². The molecule has 0 saturated carbocycles. The average Bonchev–Trinajstić information content (AvgIpc) is 2.19. The molecule has 0 aliphatic rings. The number of hydrogen-bond donors (Lipinski definition) is 1. The van der Waals surface area contributed by atoms with Crippen molar-refractivity contribution in [3.63, 3.8) is 0 Å². The second kappa shape index (κ2) is 5.12. The lowest BCUT2D eigenvalue weighted by Gasteiger charge is -2.13. The summed E-state index contributed by atoms with van der Waals surface area (Å²) in [4.78, 5) is 18.7. The zero-order valence-electron chi connectivity index (χ0n) is 9.32. The van der Waals surface area contributed by atoms with Gasteiger partial charge in [-0.15, -0.1) is 0 Å². The van der Waals surface area contributed by atoms with Crippen LogP contribution in [0.4, 0.5) is 0 Å². The first-order chi connectivity index (χ1) is 7.45. The van der Waals surface area contributed by atoms with Crippen LogP contribution in [0.2, 0.25) is 5.28 Å². The molecule has 1 rings (SSSR count). The molecule has 0 aliphatic heterocycles. The fourth-order valence-corrected chi connectivity index (χ4v) is 1.58. The molecule has 0 fully saturated rings. The summed E-state index contributed by atoms with van der Waals surface area (Å²) in [6.45, 7) is 3.81. The predicted molar refractivity (Wildman–Crippen MR) is 59.0 cm³/mol. The van der Waals surface area contributed by atoms with Gasteiger partial charge in [0.05, 0.1) is 19.2 Å². The normalized spacial score (nSPS) is 10.6. The summed E-state index contributed by atoms with van der Waals surface area (Å²) in [7, 11) is 1.42. The molecule has 0 atom stereocenters. The molecular weight excluding hydrogens is 232 g/mol. The number of rotatable bonds is 4. The van der Waals surface area contributed by atoms with Gasteiger partial charge in [0.15, 0.2) is 0 Å². The summed E-state index contributed by atoms with van der Waals surface area (Å²) < 4.78 is 5.02. The number of halogens is 1. The van der Waals surface area contributed by atoms with Gasteiger partial charge in [0.1, 0.15) is 0 Å². The number of carboxylic acids is 1. The molecule has 1 aromatic rings. The van der Waals surface area contributed by atoms with Crippen molar-refractivity contribution in [3.8, 4) is 5.88 Å². The van der Waals surface area contributed by atoms with Gasteiger partial charge in [0.2, 0.25) is 11.2 Å². The second-order valence-electron chi connectivity index (χ2n) is 3.59. The van der Waals surface area contributed by atoms with Crippen LogP contribution in [0.5, 0.6) is 5.88 Å². The maximum atomic E-state index is 10.8. The van der Waals surface area contributed by atoms with Gasteiger partial charge in [-0.3, -0.25) is 4.79 Å². The van der Waals surface area contributed by atoms with Gasteiger partial charge >= 0.3 is 5.97 Å². The Bertz CT molecular complexity index is 407. The lowest BCUT2D eigenvalue weighted by atomic mass is 10.0. The van der Waals surface area contributed by atoms with Crippen LogP contribution in [0.15, 0.2) is 0 Å². The summed E-state index contributed by atoms with van der Waals surface area (Å²) in [5.41, 5.74) is 1.09. The third-order valence-electron chi connectivity index (χ3n) is 2.04. The summed E-state index contributed by atoms with van der Waals surface area (Å²) in [6.07, 6.45) is -0.173. The molecule has 0 spiro atoms. The van der Waals surface area contributed by atoms with Crippen molar-refractivity contribution >= 4 is 17.6 Å². The minimum atomic E-state index is -0.953. The van der Waals surface area contributed by atoms with Crippen molar-refractivity contribution in [2.45, 2.75) is 26.2 Å². The Morgan fingerprint density at radius 1 is 1.50 bits per heavy atom. The summed E-state index contributed by atoms with van der Waals surface area (Å²) in [6, 6.07) is 0. The number of nitrogens with zero attached hydrogens (tertiary/aromatic N) is 2. The van der Waals surface area contributed by atoms with E-state index in [0.717, 1.165) is 0 Å². The molecule has 5 nitrogen and oxygen atoms in total. The molecule has 0 saturated heterocycles. The first kappa shape index (κ1) is 12.7. The first-order valence-electron chi connectivity index (χ1n) is 4.77. The fourth-order valence-electron chi connectivity index (χ4n) is 1.42. The minimum Gasteiger partial charge on any atom is -0.481 e. The number of aromatic nitrogens is 2. The highest BCUT2D eigenvalue weighted by Crippen LogP contribution is 2.26. The first-order valence-corrected chi connectivity index (χ1v) is 5.15. The van der Waals surface area contributed by atoms with E-state index in [0.29, 0.717) is 11.3 Å². The van der Waals surface area contributed by atoms with E-state index in [4.69, 9.17) is 21.4 Å². The van der Waals surface area contributed by atoms with Crippen molar-refractivity contribution in [1.29, 1.82) is 0 Å². The van der Waals surface area contributed by atoms with Crippen LogP contribution in [0, 0.1) is 0 Å². The van der Waals surface area contributed by atoms with Crippen LogP contribution in [-0.2, 0) is 11.2 Å². The summed E-state index contributed by atoms with van der Waals surface area (Å²) in [5.74, 6) is -0.666. The SMILES string of the molecule is COc1nc(Cl)nc(C(C)C)c1CC(=O)O. The van der Waals surface area contributed by atoms with Crippen LogP contribution < -0.4 is 4.74 Å². The lowest BCUT2D eigenvalue weighted by Crippen LogP contribution is -2.10. The molecule has 0 unspecified atom stereocenters. The molecule has 88 valence electrons. The number of hydrogen-bond acceptors (Lipinski definition) is 4. The summed E-state index contributed by atoms with van der Waals surface area (Å²) >= 11 is 5.73. The largest absolute Gasteiger partial charge is 0.481 e. The molecule has 1 heterocycles. The van der Waals surface area contributed by atoms with Crippen molar-refractivity contribution in [2.24, 2.45) is 0 Å². The van der Waals surface area contributed by atoms with Gasteiger partial charge in [0, 0.05) is 5.56 Å². The van der Waals surface area contributed by atoms with Crippen LogP contribution >= 0.6 is 11.6 Å². The average molecular weight is 245 g/mol. The van der Waals surface area contributed by atoms with Gasteiger partial charge in [-0.25, -0.2) is 4.98 Å². The van der Waals surface area contributed by atoms with Crippen LogP contribution in [0.25, 0.3) is 0 Å². The van der Waals surface area contributed by atoms with Crippen molar-refractivity contribution in [1.82, 2.24) is 9.97 Å². The Morgan fingerprint density at radius 2 is 2.12 bits per heavy atom. The van der Waals surface area contributed by atoms with E-state index >= 15 is 0 Å². The third kappa shape index (κ3) is 2.82. The van der Waals surface area contributed by atoms with E-state index in [9.17, 15) is 4.79 Å². The highest BCUT2D eigenvalue weighted by atomic mass is 35.5.